The maximum absolute atomic E-state index is 12.9. The Hall–Kier alpha value is -2.41. The molecule has 1 heterocycles. The van der Waals surface area contributed by atoms with E-state index in [4.69, 9.17) is 5.11 Å². The lowest BCUT2D eigenvalue weighted by Crippen LogP contribution is -2.41. The highest BCUT2D eigenvalue weighted by Crippen LogP contribution is 2.12. The predicted octanol–water partition coefficient (Wildman–Crippen LogP) is 1.50. The second-order valence-corrected chi connectivity index (χ2v) is 5.07. The molecule has 2 rings (SSSR count). The molecule has 0 aliphatic rings. The molecule has 3 N–H and O–H groups in total. The second kappa shape index (κ2) is 7.04. The highest BCUT2D eigenvalue weighted by atomic mass is 19.1. The van der Waals surface area contributed by atoms with E-state index in [0.717, 1.165) is 16.9 Å². The fraction of sp³-hybridized carbons (Fsp3) is 0.333. The summed E-state index contributed by atoms with van der Waals surface area (Å²) >= 11 is 0. The van der Waals surface area contributed by atoms with Crippen molar-refractivity contribution in [3.8, 4) is 5.69 Å². The van der Waals surface area contributed by atoms with Gasteiger partial charge in [0.1, 0.15) is 5.82 Å². The van der Waals surface area contributed by atoms with Crippen LogP contribution < -0.4 is 10.6 Å². The molecule has 1 atom stereocenters. The summed E-state index contributed by atoms with van der Waals surface area (Å²) in [5.74, 6) is -0.302. The zero-order chi connectivity index (χ0) is 16.1. The molecule has 0 spiro atoms. The van der Waals surface area contributed by atoms with Crippen LogP contribution in [0.3, 0.4) is 0 Å². The number of amides is 2. The first-order valence-corrected chi connectivity index (χ1v) is 6.96. The molecule has 0 unspecified atom stereocenters. The Morgan fingerprint density at radius 1 is 1.41 bits per heavy atom. The number of carbonyl (C=O) groups is 1. The molecule has 0 aliphatic heterocycles. The van der Waals surface area contributed by atoms with Gasteiger partial charge in [0.25, 0.3) is 0 Å². The van der Waals surface area contributed by atoms with E-state index in [9.17, 15) is 9.18 Å². The van der Waals surface area contributed by atoms with Crippen molar-refractivity contribution < 1.29 is 14.3 Å². The molecule has 1 aromatic heterocycles. The van der Waals surface area contributed by atoms with Gasteiger partial charge < -0.3 is 15.7 Å². The number of aliphatic hydroxyl groups excluding tert-OH is 1. The van der Waals surface area contributed by atoms with E-state index in [0.29, 0.717) is 6.54 Å². The Balaban J connectivity index is 2.01. The Morgan fingerprint density at radius 3 is 2.73 bits per heavy atom. The molecular formula is C15H19FN4O2. The van der Waals surface area contributed by atoms with E-state index in [1.54, 1.807) is 29.9 Å². The zero-order valence-electron chi connectivity index (χ0n) is 12.5. The number of benzene rings is 1. The third kappa shape index (κ3) is 4.05. The summed E-state index contributed by atoms with van der Waals surface area (Å²) in [4.78, 5) is 11.6. The molecule has 0 aliphatic carbocycles. The van der Waals surface area contributed by atoms with Crippen molar-refractivity contribution >= 4 is 6.03 Å². The minimum atomic E-state index is -0.351. The van der Waals surface area contributed by atoms with Crippen LogP contribution in [-0.2, 0) is 6.54 Å². The van der Waals surface area contributed by atoms with E-state index in [1.165, 1.54) is 12.1 Å². The van der Waals surface area contributed by atoms with Crippen LogP contribution in [0.4, 0.5) is 9.18 Å². The number of aryl methyl sites for hydroxylation is 1. The van der Waals surface area contributed by atoms with Gasteiger partial charge in [0.05, 0.1) is 24.0 Å². The molecule has 22 heavy (non-hydrogen) atoms. The first kappa shape index (κ1) is 16.0. The van der Waals surface area contributed by atoms with Crippen LogP contribution in [0.15, 0.2) is 30.5 Å². The van der Waals surface area contributed by atoms with Crippen LogP contribution >= 0.6 is 0 Å². The summed E-state index contributed by atoms with van der Waals surface area (Å²) < 4.78 is 14.6. The fourth-order valence-corrected chi connectivity index (χ4v) is 1.89. The second-order valence-electron chi connectivity index (χ2n) is 5.07. The number of carbonyl (C=O) groups excluding carboxylic acids is 1. The Bertz CT molecular complexity index is 639. The summed E-state index contributed by atoms with van der Waals surface area (Å²) in [6.07, 6.45) is 1.79. The summed E-state index contributed by atoms with van der Waals surface area (Å²) in [6.45, 7) is 3.74. The van der Waals surface area contributed by atoms with Crippen LogP contribution in [0.5, 0.6) is 0 Å². The summed E-state index contributed by atoms with van der Waals surface area (Å²) in [6, 6.07) is 5.35. The minimum Gasteiger partial charge on any atom is -0.394 e. The first-order valence-electron chi connectivity index (χ1n) is 6.96. The van der Waals surface area contributed by atoms with Gasteiger partial charge in [-0.25, -0.2) is 13.9 Å². The van der Waals surface area contributed by atoms with Crippen LogP contribution in [-0.4, -0.2) is 33.6 Å². The van der Waals surface area contributed by atoms with E-state index in [1.807, 2.05) is 6.92 Å². The van der Waals surface area contributed by atoms with Crippen molar-refractivity contribution in [3.05, 3.63) is 47.5 Å². The van der Waals surface area contributed by atoms with Gasteiger partial charge in [0, 0.05) is 18.3 Å². The molecule has 2 aromatic rings. The van der Waals surface area contributed by atoms with Crippen molar-refractivity contribution in [1.29, 1.82) is 0 Å². The number of aliphatic hydroxyl groups is 1. The molecule has 1 aromatic carbocycles. The Labute approximate surface area is 128 Å². The van der Waals surface area contributed by atoms with Crippen LogP contribution in [0.25, 0.3) is 5.69 Å². The van der Waals surface area contributed by atoms with Gasteiger partial charge in [0.2, 0.25) is 0 Å². The lowest BCUT2D eigenvalue weighted by atomic mass is 10.2. The van der Waals surface area contributed by atoms with Crippen LogP contribution in [0.2, 0.25) is 0 Å². The fourth-order valence-electron chi connectivity index (χ4n) is 1.89. The minimum absolute atomic E-state index is 0.116. The average Bonchev–Trinajstić information content (AvgIpc) is 2.87. The van der Waals surface area contributed by atoms with Crippen molar-refractivity contribution in [2.75, 3.05) is 6.61 Å². The van der Waals surface area contributed by atoms with E-state index < -0.39 is 0 Å². The number of aromatic nitrogens is 2. The van der Waals surface area contributed by atoms with Gasteiger partial charge in [-0.05, 0) is 38.1 Å². The van der Waals surface area contributed by atoms with Gasteiger partial charge in [0.15, 0.2) is 0 Å². The standard InChI is InChI=1S/C15H19FN4O2/c1-10(9-21)18-15(22)17-7-12-8-20(19-11(12)2)14-5-3-13(16)4-6-14/h3-6,8,10,21H,7,9H2,1-2H3,(H2,17,18,22)/t10-/m0/s1. The normalized spacial score (nSPS) is 12.0. The third-order valence-electron chi connectivity index (χ3n) is 3.18. The highest BCUT2D eigenvalue weighted by Gasteiger charge is 2.09. The number of hydrogen-bond acceptors (Lipinski definition) is 3. The number of urea groups is 1. The summed E-state index contributed by atoms with van der Waals surface area (Å²) in [5, 5.41) is 18.5. The third-order valence-corrected chi connectivity index (χ3v) is 3.18. The quantitative estimate of drug-likeness (QED) is 0.783. The lowest BCUT2D eigenvalue weighted by molar-refractivity contribution is 0.220. The van der Waals surface area contributed by atoms with E-state index >= 15 is 0 Å². The van der Waals surface area contributed by atoms with E-state index in [2.05, 4.69) is 15.7 Å². The van der Waals surface area contributed by atoms with Gasteiger partial charge in [-0.15, -0.1) is 0 Å². The Kier molecular flexibility index (Phi) is 5.11. The van der Waals surface area contributed by atoms with Gasteiger partial charge in [-0.3, -0.25) is 0 Å². The molecule has 118 valence electrons. The maximum atomic E-state index is 12.9. The smallest absolute Gasteiger partial charge is 0.315 e. The number of nitrogens with zero attached hydrogens (tertiary/aromatic N) is 2. The molecular weight excluding hydrogens is 287 g/mol. The topological polar surface area (TPSA) is 79.2 Å². The van der Waals surface area contributed by atoms with E-state index in [-0.39, 0.29) is 24.5 Å². The molecule has 2 amide bonds. The summed E-state index contributed by atoms with van der Waals surface area (Å²) in [7, 11) is 0. The van der Waals surface area contributed by atoms with Crippen LogP contribution in [0, 0.1) is 12.7 Å². The monoisotopic (exact) mass is 306 g/mol. The molecule has 0 bridgehead atoms. The van der Waals surface area contributed by atoms with Gasteiger partial charge in [-0.2, -0.15) is 5.10 Å². The molecule has 0 saturated carbocycles. The Morgan fingerprint density at radius 2 is 2.09 bits per heavy atom. The number of rotatable bonds is 5. The van der Waals surface area contributed by atoms with Crippen LogP contribution in [0.1, 0.15) is 18.2 Å². The zero-order valence-corrected chi connectivity index (χ0v) is 12.5. The van der Waals surface area contributed by atoms with Crippen molar-refractivity contribution in [1.82, 2.24) is 20.4 Å². The first-order chi connectivity index (χ1) is 10.5. The number of halogens is 1. The van der Waals surface area contributed by atoms with Gasteiger partial charge in [-0.1, -0.05) is 0 Å². The molecule has 7 heteroatoms. The predicted molar refractivity (Wildman–Crippen MR) is 80.2 cm³/mol. The van der Waals surface area contributed by atoms with Crippen molar-refractivity contribution in [3.63, 3.8) is 0 Å². The number of hydrogen-bond donors (Lipinski definition) is 3. The highest BCUT2D eigenvalue weighted by molar-refractivity contribution is 5.74. The number of nitrogens with one attached hydrogen (secondary N) is 2. The van der Waals surface area contributed by atoms with Crippen molar-refractivity contribution in [2.24, 2.45) is 0 Å². The lowest BCUT2D eigenvalue weighted by Gasteiger charge is -2.11. The molecule has 6 nitrogen and oxygen atoms in total. The van der Waals surface area contributed by atoms with Gasteiger partial charge >= 0.3 is 6.03 Å². The SMILES string of the molecule is Cc1nn(-c2ccc(F)cc2)cc1CNC(=O)N[C@@H](C)CO. The maximum Gasteiger partial charge on any atom is 0.315 e. The van der Waals surface area contributed by atoms with Crippen molar-refractivity contribution in [2.45, 2.75) is 26.4 Å². The molecule has 0 saturated heterocycles. The average molecular weight is 306 g/mol. The molecule has 0 fully saturated rings. The summed E-state index contributed by atoms with van der Waals surface area (Å²) in [5.41, 5.74) is 2.38. The molecule has 0 radical (unpaired) electrons. The largest absolute Gasteiger partial charge is 0.394 e.